The first kappa shape index (κ1) is 11.1. The van der Waals surface area contributed by atoms with Crippen LogP contribution in [0.15, 0.2) is 35.9 Å². The van der Waals surface area contributed by atoms with Crippen LogP contribution in [0, 0.1) is 5.92 Å². The lowest BCUT2D eigenvalue weighted by molar-refractivity contribution is 0.137. The first-order chi connectivity index (χ1) is 7.65. The summed E-state index contributed by atoms with van der Waals surface area (Å²) in [5, 5.41) is 0. The van der Waals surface area contributed by atoms with Gasteiger partial charge < -0.3 is 10.5 Å². The van der Waals surface area contributed by atoms with E-state index in [4.69, 9.17) is 10.5 Å². The van der Waals surface area contributed by atoms with Crippen molar-refractivity contribution in [2.24, 2.45) is 5.92 Å². The highest BCUT2D eigenvalue weighted by atomic mass is 16.5. The molecule has 0 heterocycles. The molecule has 16 heavy (non-hydrogen) atoms. The van der Waals surface area contributed by atoms with Crippen LogP contribution in [0.3, 0.4) is 0 Å². The molecule has 1 aliphatic carbocycles. The van der Waals surface area contributed by atoms with Gasteiger partial charge in [0.1, 0.15) is 11.9 Å². The lowest BCUT2D eigenvalue weighted by Gasteiger charge is -2.28. The van der Waals surface area contributed by atoms with Crippen LogP contribution in [-0.2, 0) is 0 Å². The Balaban J connectivity index is 2.07. The molecule has 1 aliphatic rings. The van der Waals surface area contributed by atoms with Crippen LogP contribution in [0.2, 0.25) is 0 Å². The molecule has 2 rings (SSSR count). The van der Waals surface area contributed by atoms with Crippen molar-refractivity contribution in [3.63, 3.8) is 0 Å². The van der Waals surface area contributed by atoms with Crippen molar-refractivity contribution in [3.05, 3.63) is 35.9 Å². The quantitative estimate of drug-likeness (QED) is 0.608. The van der Waals surface area contributed by atoms with Crippen molar-refractivity contribution in [3.8, 4) is 5.75 Å². The molecular weight excluding hydrogens is 198 g/mol. The fourth-order valence-electron chi connectivity index (χ4n) is 2.06. The van der Waals surface area contributed by atoms with Gasteiger partial charge in [0.05, 0.1) is 0 Å². The van der Waals surface area contributed by atoms with Gasteiger partial charge in [-0.15, -0.1) is 0 Å². The Bertz CT molecular complexity index is 397. The van der Waals surface area contributed by atoms with Gasteiger partial charge in [0.15, 0.2) is 0 Å². The van der Waals surface area contributed by atoms with E-state index in [9.17, 15) is 0 Å². The molecule has 86 valence electrons. The van der Waals surface area contributed by atoms with E-state index in [0.29, 0.717) is 5.92 Å². The smallest absolute Gasteiger partial charge is 0.121 e. The van der Waals surface area contributed by atoms with E-state index in [1.807, 2.05) is 24.3 Å². The van der Waals surface area contributed by atoms with Crippen LogP contribution in [0.25, 0.3) is 0 Å². The van der Waals surface area contributed by atoms with E-state index >= 15 is 0 Å². The zero-order valence-electron chi connectivity index (χ0n) is 9.94. The summed E-state index contributed by atoms with van der Waals surface area (Å²) in [6.45, 7) is 4.40. The highest BCUT2D eigenvalue weighted by Gasteiger charge is 2.22. The summed E-state index contributed by atoms with van der Waals surface area (Å²) in [4.78, 5) is 0. The monoisotopic (exact) mass is 217 g/mol. The van der Waals surface area contributed by atoms with E-state index in [0.717, 1.165) is 24.3 Å². The summed E-state index contributed by atoms with van der Waals surface area (Å²) in [6.07, 6.45) is 4.73. The topological polar surface area (TPSA) is 35.2 Å². The molecule has 0 bridgehead atoms. The standard InChI is InChI=1S/C14H19NO/c1-10-6-7-11(2)14(8-10)16-13-5-3-4-12(15)9-13/h3-6,9,11,14H,7-8,15H2,1-2H3/t11-,14-/m1/s1. The Labute approximate surface area is 97.1 Å². The van der Waals surface area contributed by atoms with Crippen molar-refractivity contribution >= 4 is 5.69 Å². The molecule has 1 aromatic rings. The number of nitrogens with two attached hydrogens (primary N) is 1. The van der Waals surface area contributed by atoms with E-state index in [1.54, 1.807) is 0 Å². The summed E-state index contributed by atoms with van der Waals surface area (Å²) in [5.74, 6) is 1.46. The molecule has 0 spiro atoms. The van der Waals surface area contributed by atoms with Crippen molar-refractivity contribution in [1.29, 1.82) is 0 Å². The van der Waals surface area contributed by atoms with Gasteiger partial charge in [-0.25, -0.2) is 0 Å². The third kappa shape index (κ3) is 2.57. The molecule has 2 atom stereocenters. The van der Waals surface area contributed by atoms with Crippen LogP contribution < -0.4 is 10.5 Å². The highest BCUT2D eigenvalue weighted by molar-refractivity contribution is 5.43. The van der Waals surface area contributed by atoms with Gasteiger partial charge in [0.2, 0.25) is 0 Å². The Morgan fingerprint density at radius 1 is 1.38 bits per heavy atom. The predicted molar refractivity (Wildman–Crippen MR) is 67.4 cm³/mol. The maximum Gasteiger partial charge on any atom is 0.121 e. The number of hydrogen-bond acceptors (Lipinski definition) is 2. The summed E-state index contributed by atoms with van der Waals surface area (Å²) in [5.41, 5.74) is 7.92. The van der Waals surface area contributed by atoms with Gasteiger partial charge in [0, 0.05) is 18.2 Å². The number of hydrogen-bond donors (Lipinski definition) is 1. The second-order valence-electron chi connectivity index (χ2n) is 4.70. The van der Waals surface area contributed by atoms with Crippen molar-refractivity contribution in [2.75, 3.05) is 5.73 Å². The van der Waals surface area contributed by atoms with Crippen LogP contribution in [0.1, 0.15) is 26.7 Å². The Kier molecular flexibility index (Phi) is 3.18. The molecule has 0 radical (unpaired) electrons. The molecule has 0 aromatic heterocycles. The number of nitrogen functional groups attached to an aromatic ring is 1. The lowest BCUT2D eigenvalue weighted by atomic mass is 9.89. The van der Waals surface area contributed by atoms with Crippen LogP contribution in [-0.4, -0.2) is 6.10 Å². The van der Waals surface area contributed by atoms with Crippen molar-refractivity contribution in [1.82, 2.24) is 0 Å². The highest BCUT2D eigenvalue weighted by Crippen LogP contribution is 2.28. The first-order valence-corrected chi connectivity index (χ1v) is 5.83. The molecule has 0 saturated heterocycles. The maximum atomic E-state index is 6.00. The maximum absolute atomic E-state index is 6.00. The average molecular weight is 217 g/mol. The summed E-state index contributed by atoms with van der Waals surface area (Å²) in [7, 11) is 0. The van der Waals surface area contributed by atoms with Gasteiger partial charge in [-0.1, -0.05) is 24.6 Å². The third-order valence-corrected chi connectivity index (χ3v) is 3.14. The molecule has 1 aromatic carbocycles. The second-order valence-corrected chi connectivity index (χ2v) is 4.70. The van der Waals surface area contributed by atoms with Crippen LogP contribution >= 0.6 is 0 Å². The van der Waals surface area contributed by atoms with Gasteiger partial charge >= 0.3 is 0 Å². The molecule has 0 aliphatic heterocycles. The molecule has 0 amide bonds. The Morgan fingerprint density at radius 3 is 2.94 bits per heavy atom. The minimum Gasteiger partial charge on any atom is -0.490 e. The fraction of sp³-hybridized carbons (Fsp3) is 0.429. The predicted octanol–water partition coefficient (Wildman–Crippen LogP) is 3.39. The molecular formula is C14H19NO. The molecule has 2 N–H and O–H groups in total. The number of rotatable bonds is 2. The zero-order valence-corrected chi connectivity index (χ0v) is 9.94. The van der Waals surface area contributed by atoms with Gasteiger partial charge in [-0.2, -0.15) is 0 Å². The Morgan fingerprint density at radius 2 is 2.19 bits per heavy atom. The molecule has 0 unspecified atom stereocenters. The van der Waals surface area contributed by atoms with E-state index < -0.39 is 0 Å². The van der Waals surface area contributed by atoms with E-state index in [2.05, 4.69) is 19.9 Å². The first-order valence-electron chi connectivity index (χ1n) is 5.83. The van der Waals surface area contributed by atoms with Gasteiger partial charge in [0.25, 0.3) is 0 Å². The van der Waals surface area contributed by atoms with Crippen molar-refractivity contribution in [2.45, 2.75) is 32.8 Å². The minimum atomic E-state index is 0.284. The number of ether oxygens (including phenoxy) is 1. The lowest BCUT2D eigenvalue weighted by Crippen LogP contribution is -2.27. The van der Waals surface area contributed by atoms with Gasteiger partial charge in [-0.05, 0) is 31.4 Å². The fourth-order valence-corrected chi connectivity index (χ4v) is 2.06. The summed E-state index contributed by atoms with van der Waals surface area (Å²) < 4.78 is 6.00. The number of benzene rings is 1. The number of anilines is 1. The summed E-state index contributed by atoms with van der Waals surface area (Å²) in [6, 6.07) is 7.67. The molecule has 2 nitrogen and oxygen atoms in total. The molecule has 2 heteroatoms. The number of allylic oxidation sites excluding steroid dienone is 1. The molecule has 0 fully saturated rings. The second kappa shape index (κ2) is 4.60. The summed E-state index contributed by atoms with van der Waals surface area (Å²) >= 11 is 0. The average Bonchev–Trinajstić information content (AvgIpc) is 2.24. The zero-order chi connectivity index (χ0) is 11.5. The Hall–Kier alpha value is -1.44. The molecule has 0 saturated carbocycles. The van der Waals surface area contributed by atoms with E-state index in [-0.39, 0.29) is 6.10 Å². The van der Waals surface area contributed by atoms with E-state index in [1.165, 1.54) is 5.57 Å². The third-order valence-electron chi connectivity index (χ3n) is 3.14. The van der Waals surface area contributed by atoms with Gasteiger partial charge in [-0.3, -0.25) is 0 Å². The minimum absolute atomic E-state index is 0.284. The largest absolute Gasteiger partial charge is 0.490 e. The van der Waals surface area contributed by atoms with Crippen LogP contribution in [0.5, 0.6) is 5.75 Å². The van der Waals surface area contributed by atoms with Crippen LogP contribution in [0.4, 0.5) is 5.69 Å². The normalized spacial score (nSPS) is 25.0. The SMILES string of the molecule is CC1=CC[C@@H](C)[C@H](Oc2cccc(N)c2)C1. The van der Waals surface area contributed by atoms with Crippen molar-refractivity contribution < 1.29 is 4.74 Å².